The molecule has 0 heterocycles. The minimum Gasteiger partial charge on any atom is -0.387 e. The quantitative estimate of drug-likeness (QED) is 0.0273. The van der Waals surface area contributed by atoms with Crippen molar-refractivity contribution in [3.8, 4) is 0 Å². The molecule has 57 heavy (non-hydrogen) atoms. The Morgan fingerprint density at radius 2 is 0.982 bits per heavy atom. The summed E-state index contributed by atoms with van der Waals surface area (Å²) in [6.07, 6.45) is 54.5. The average Bonchev–Trinajstić information content (AvgIpc) is 3.20. The van der Waals surface area contributed by atoms with Gasteiger partial charge < -0.3 is 21.1 Å². The Labute approximate surface area is 352 Å². The Balaban J connectivity index is 4.15. The number of aliphatic hydroxyl groups is 1. The van der Waals surface area contributed by atoms with E-state index in [4.69, 9.17) is 14.8 Å². The molecule has 0 aromatic rings. The maximum atomic E-state index is 12.8. The maximum Gasteiger partial charge on any atom is 0.472 e. The lowest BCUT2D eigenvalue weighted by Crippen LogP contribution is -2.45. The summed E-state index contributed by atoms with van der Waals surface area (Å²) in [6.45, 7) is 4.11. The average molecular weight is 823 g/mol. The van der Waals surface area contributed by atoms with Crippen LogP contribution in [0.15, 0.2) is 48.6 Å². The Kier molecular flexibility index (Phi) is 42.8. The van der Waals surface area contributed by atoms with E-state index < -0.39 is 20.0 Å². The van der Waals surface area contributed by atoms with Crippen LogP contribution in [0.2, 0.25) is 0 Å². The van der Waals surface area contributed by atoms with Crippen molar-refractivity contribution in [3.63, 3.8) is 0 Å². The van der Waals surface area contributed by atoms with Crippen LogP contribution in [0.3, 0.4) is 0 Å². The first-order chi connectivity index (χ1) is 27.9. The minimum absolute atomic E-state index is 0.0728. The minimum atomic E-state index is -4.35. The third kappa shape index (κ3) is 42.4. The van der Waals surface area contributed by atoms with Crippen LogP contribution in [0, 0.1) is 0 Å². The number of unbranched alkanes of at least 4 members (excludes halogenated alkanes) is 26. The zero-order valence-corrected chi connectivity index (χ0v) is 38.0. The molecule has 0 spiro atoms. The fraction of sp³-hybridized carbons (Fsp3) is 0.812. The van der Waals surface area contributed by atoms with Crippen LogP contribution in [-0.4, -0.2) is 47.8 Å². The van der Waals surface area contributed by atoms with Gasteiger partial charge in [0.05, 0.1) is 25.4 Å². The van der Waals surface area contributed by atoms with Crippen molar-refractivity contribution < 1.29 is 28.4 Å². The summed E-state index contributed by atoms with van der Waals surface area (Å²) in [5.41, 5.74) is 5.38. The molecule has 0 aliphatic carbocycles. The predicted molar refractivity (Wildman–Crippen MR) is 244 cm³/mol. The van der Waals surface area contributed by atoms with Gasteiger partial charge >= 0.3 is 7.82 Å². The van der Waals surface area contributed by atoms with Crippen molar-refractivity contribution in [2.45, 2.75) is 231 Å². The molecule has 3 atom stereocenters. The number of hydrogen-bond donors (Lipinski definition) is 4. The zero-order chi connectivity index (χ0) is 41.8. The molecule has 5 N–H and O–H groups in total. The van der Waals surface area contributed by atoms with Gasteiger partial charge in [-0.25, -0.2) is 4.57 Å². The Bertz CT molecular complexity index is 1030. The van der Waals surface area contributed by atoms with Gasteiger partial charge in [0.1, 0.15) is 0 Å². The van der Waals surface area contributed by atoms with Gasteiger partial charge in [-0.3, -0.25) is 13.8 Å². The van der Waals surface area contributed by atoms with E-state index >= 15 is 0 Å². The standard InChI is InChI=1S/C48H91N2O6P/c1-3-5-7-9-11-13-15-17-19-20-21-22-23-24-25-26-28-30-32-34-36-38-40-42-48(52)50-46(45-56-57(53,54)55-44-43-49)47(51)41-39-37-35-33-31-29-27-18-16-14-12-10-8-6-4-2/h15,17,20-21,31,33,39,41,46-47,51H,3-14,16,18-19,22-30,32,34-38,40,42-45,49H2,1-2H3,(H,50,52)(H,53,54)/b17-15-,21-20-,33-31+,41-39+. The number of phosphoric acid groups is 1. The molecule has 8 nitrogen and oxygen atoms in total. The number of carbonyl (C=O) groups is 1. The first-order valence-corrected chi connectivity index (χ1v) is 25.3. The molecule has 334 valence electrons. The monoisotopic (exact) mass is 823 g/mol. The maximum absolute atomic E-state index is 12.8. The summed E-state index contributed by atoms with van der Waals surface area (Å²) in [6, 6.07) is -0.878. The third-order valence-electron chi connectivity index (χ3n) is 10.4. The van der Waals surface area contributed by atoms with E-state index in [0.29, 0.717) is 6.42 Å². The molecule has 0 bridgehead atoms. The highest BCUT2D eigenvalue weighted by Crippen LogP contribution is 2.43. The fourth-order valence-electron chi connectivity index (χ4n) is 6.77. The van der Waals surface area contributed by atoms with Gasteiger partial charge in [0, 0.05) is 13.0 Å². The first-order valence-electron chi connectivity index (χ1n) is 23.8. The number of allylic oxidation sites excluding steroid dienone is 7. The Morgan fingerprint density at radius 3 is 1.46 bits per heavy atom. The van der Waals surface area contributed by atoms with Crippen LogP contribution in [-0.2, 0) is 18.4 Å². The van der Waals surface area contributed by atoms with Crippen LogP contribution < -0.4 is 11.1 Å². The summed E-state index contributed by atoms with van der Waals surface area (Å²) in [4.78, 5) is 22.7. The summed E-state index contributed by atoms with van der Waals surface area (Å²) < 4.78 is 22.1. The van der Waals surface area contributed by atoms with Crippen LogP contribution in [0.1, 0.15) is 219 Å². The molecule has 0 aliphatic heterocycles. The van der Waals surface area contributed by atoms with Crippen LogP contribution in [0.5, 0.6) is 0 Å². The molecule has 0 aromatic carbocycles. The summed E-state index contributed by atoms with van der Waals surface area (Å²) >= 11 is 0. The van der Waals surface area contributed by atoms with Gasteiger partial charge in [-0.05, 0) is 64.2 Å². The Hall–Kier alpha value is -1.54. The topological polar surface area (TPSA) is 131 Å². The van der Waals surface area contributed by atoms with Crippen molar-refractivity contribution in [2.24, 2.45) is 5.73 Å². The molecular formula is C48H91N2O6P. The van der Waals surface area contributed by atoms with Gasteiger partial charge in [0.2, 0.25) is 5.91 Å². The predicted octanol–water partition coefficient (Wildman–Crippen LogP) is 13.7. The number of nitrogens with one attached hydrogen (secondary N) is 1. The number of amides is 1. The molecule has 0 radical (unpaired) electrons. The van der Waals surface area contributed by atoms with E-state index in [0.717, 1.165) is 44.9 Å². The van der Waals surface area contributed by atoms with Crippen LogP contribution >= 0.6 is 7.82 Å². The molecule has 0 saturated heterocycles. The van der Waals surface area contributed by atoms with E-state index in [1.54, 1.807) is 6.08 Å². The van der Waals surface area contributed by atoms with Crippen LogP contribution in [0.4, 0.5) is 0 Å². The SMILES string of the molecule is CCCCCCC/C=C\C/C=C\CCCCCCCCCCCCCC(=O)NC(COP(=O)(O)OCCN)C(O)/C=C/CC/C=C/CCCCCCCCCCC. The highest BCUT2D eigenvalue weighted by atomic mass is 31.2. The number of phosphoric ester groups is 1. The molecule has 0 aromatic heterocycles. The zero-order valence-electron chi connectivity index (χ0n) is 37.1. The number of aliphatic hydroxyl groups excluding tert-OH is 1. The van der Waals surface area contributed by atoms with Gasteiger partial charge in [0.15, 0.2) is 0 Å². The lowest BCUT2D eigenvalue weighted by Gasteiger charge is -2.23. The van der Waals surface area contributed by atoms with Crippen molar-refractivity contribution in [1.29, 1.82) is 0 Å². The second-order valence-corrected chi connectivity index (χ2v) is 17.4. The van der Waals surface area contributed by atoms with E-state index in [1.165, 1.54) is 154 Å². The molecular weight excluding hydrogens is 732 g/mol. The highest BCUT2D eigenvalue weighted by molar-refractivity contribution is 7.47. The van der Waals surface area contributed by atoms with E-state index in [1.807, 2.05) is 6.08 Å². The number of nitrogens with two attached hydrogens (primary N) is 1. The molecule has 1 amide bonds. The first kappa shape index (κ1) is 55.5. The van der Waals surface area contributed by atoms with Gasteiger partial charge in [-0.1, -0.05) is 197 Å². The normalized spacial score (nSPS) is 14.4. The summed E-state index contributed by atoms with van der Waals surface area (Å²) in [5.74, 6) is -0.207. The highest BCUT2D eigenvalue weighted by Gasteiger charge is 2.26. The van der Waals surface area contributed by atoms with E-state index in [9.17, 15) is 19.4 Å². The molecule has 0 fully saturated rings. The lowest BCUT2D eigenvalue weighted by atomic mass is 10.0. The smallest absolute Gasteiger partial charge is 0.387 e. The van der Waals surface area contributed by atoms with Crippen molar-refractivity contribution in [2.75, 3.05) is 19.8 Å². The second-order valence-electron chi connectivity index (χ2n) is 16.0. The van der Waals surface area contributed by atoms with Crippen molar-refractivity contribution >= 4 is 13.7 Å². The molecule has 3 unspecified atom stereocenters. The molecule has 0 aliphatic rings. The number of hydrogen-bond acceptors (Lipinski definition) is 6. The second kappa shape index (κ2) is 44.0. The van der Waals surface area contributed by atoms with Crippen LogP contribution in [0.25, 0.3) is 0 Å². The summed E-state index contributed by atoms with van der Waals surface area (Å²) in [5, 5.41) is 13.7. The Morgan fingerprint density at radius 1 is 0.579 bits per heavy atom. The van der Waals surface area contributed by atoms with E-state index in [-0.39, 0.29) is 25.7 Å². The van der Waals surface area contributed by atoms with Gasteiger partial charge in [0.25, 0.3) is 0 Å². The third-order valence-corrected chi connectivity index (χ3v) is 11.4. The largest absolute Gasteiger partial charge is 0.472 e. The van der Waals surface area contributed by atoms with Gasteiger partial charge in [-0.2, -0.15) is 0 Å². The fourth-order valence-corrected chi connectivity index (χ4v) is 7.53. The summed E-state index contributed by atoms with van der Waals surface area (Å²) in [7, 11) is -4.35. The molecule has 9 heteroatoms. The molecule has 0 saturated carbocycles. The van der Waals surface area contributed by atoms with Gasteiger partial charge in [-0.15, -0.1) is 0 Å². The lowest BCUT2D eigenvalue weighted by molar-refractivity contribution is -0.123. The molecule has 0 rings (SSSR count). The van der Waals surface area contributed by atoms with Crippen molar-refractivity contribution in [3.05, 3.63) is 48.6 Å². The van der Waals surface area contributed by atoms with E-state index in [2.05, 4.69) is 55.6 Å². The van der Waals surface area contributed by atoms with Crippen molar-refractivity contribution in [1.82, 2.24) is 5.32 Å². The number of rotatable bonds is 44. The number of carbonyl (C=O) groups excluding carboxylic acids is 1.